The van der Waals surface area contributed by atoms with E-state index in [1.165, 1.54) is 17.4 Å². The Morgan fingerprint density at radius 3 is 2.39 bits per heavy atom. The van der Waals surface area contributed by atoms with E-state index in [2.05, 4.69) is 42.5 Å². The minimum Gasteiger partial charge on any atom is -0.370 e. The first-order valence-corrected chi connectivity index (χ1v) is 9.87. The topological polar surface area (TPSA) is 73.2 Å². The predicted molar refractivity (Wildman–Crippen MR) is 93.2 cm³/mol. The summed E-state index contributed by atoms with van der Waals surface area (Å²) in [6.45, 7) is 7.85. The van der Waals surface area contributed by atoms with Crippen LogP contribution in [0.1, 0.15) is 49.3 Å². The third-order valence-corrected chi connectivity index (χ3v) is 5.10. The minimum absolute atomic E-state index is 0.0113. The molecule has 0 unspecified atom stereocenters. The molecule has 6 heteroatoms. The van der Waals surface area contributed by atoms with Crippen LogP contribution in [0.15, 0.2) is 12.1 Å². The number of piperidine rings is 1. The number of nitrogens with one attached hydrogen (secondary N) is 1. The fourth-order valence-electron chi connectivity index (χ4n) is 3.22. The molecule has 0 aliphatic carbocycles. The number of hydrogen-bond donors (Lipinski definition) is 1. The predicted octanol–water partition coefficient (Wildman–Crippen LogP) is 2.51. The Labute approximate surface area is 139 Å². The molecule has 0 atom stereocenters. The number of nitrogens with zero attached hydrogens (tertiary/aromatic N) is 2. The first kappa shape index (κ1) is 17.8. The molecule has 0 aromatic heterocycles. The number of aryl methyl sites for hydroxylation is 1. The Morgan fingerprint density at radius 2 is 1.91 bits per heavy atom. The number of nitriles is 1. The molecule has 1 aromatic carbocycles. The molecule has 1 saturated heterocycles. The lowest BCUT2D eigenvalue weighted by Crippen LogP contribution is -2.44. The Kier molecular flexibility index (Phi) is 5.33. The Hall–Kier alpha value is -1.58. The second kappa shape index (κ2) is 6.90. The van der Waals surface area contributed by atoms with Crippen LogP contribution in [0.25, 0.3) is 0 Å². The van der Waals surface area contributed by atoms with Gasteiger partial charge in [-0.1, -0.05) is 13.8 Å². The molecule has 1 aromatic rings. The van der Waals surface area contributed by atoms with Gasteiger partial charge in [0.1, 0.15) is 6.07 Å². The van der Waals surface area contributed by atoms with Gasteiger partial charge in [-0.2, -0.15) is 5.26 Å². The number of benzene rings is 1. The van der Waals surface area contributed by atoms with Crippen molar-refractivity contribution in [1.29, 1.82) is 5.26 Å². The molecule has 0 radical (unpaired) electrons. The van der Waals surface area contributed by atoms with E-state index in [4.69, 9.17) is 0 Å². The lowest BCUT2D eigenvalue weighted by molar-refractivity contribution is 0.461. The van der Waals surface area contributed by atoms with Gasteiger partial charge in [-0.15, -0.1) is 0 Å². The van der Waals surface area contributed by atoms with Gasteiger partial charge in [-0.25, -0.2) is 13.1 Å². The Morgan fingerprint density at radius 1 is 1.30 bits per heavy atom. The molecule has 23 heavy (non-hydrogen) atoms. The van der Waals surface area contributed by atoms with Crippen LogP contribution in [-0.2, 0) is 10.0 Å². The van der Waals surface area contributed by atoms with Crippen LogP contribution in [0.3, 0.4) is 0 Å². The number of sulfonamides is 1. The minimum atomic E-state index is -3.16. The van der Waals surface area contributed by atoms with Gasteiger partial charge in [0.2, 0.25) is 10.0 Å². The summed E-state index contributed by atoms with van der Waals surface area (Å²) in [6.07, 6.45) is 2.70. The summed E-state index contributed by atoms with van der Waals surface area (Å²) in [5.41, 5.74) is 4.07. The van der Waals surface area contributed by atoms with Crippen LogP contribution >= 0.6 is 0 Å². The molecule has 1 aliphatic heterocycles. The molecule has 2 rings (SSSR count). The molecule has 0 saturated carbocycles. The molecule has 1 fully saturated rings. The van der Waals surface area contributed by atoms with Gasteiger partial charge in [0, 0.05) is 19.1 Å². The van der Waals surface area contributed by atoms with Crippen molar-refractivity contribution >= 4 is 15.7 Å². The average Bonchev–Trinajstić information content (AvgIpc) is 2.45. The smallest absolute Gasteiger partial charge is 0.208 e. The van der Waals surface area contributed by atoms with Gasteiger partial charge in [0.25, 0.3) is 0 Å². The SMILES string of the molecule is Cc1cc(N2CCC(NS(C)(=O)=O)CC2)c(C#N)cc1C(C)C. The molecule has 1 N–H and O–H groups in total. The van der Waals surface area contributed by atoms with Crippen LogP contribution in [0.5, 0.6) is 0 Å². The molecule has 0 spiro atoms. The summed E-state index contributed by atoms with van der Waals surface area (Å²) in [6, 6.07) is 6.39. The van der Waals surface area contributed by atoms with E-state index in [1.54, 1.807) is 0 Å². The molecule has 0 amide bonds. The van der Waals surface area contributed by atoms with Crippen molar-refractivity contribution < 1.29 is 8.42 Å². The highest BCUT2D eigenvalue weighted by Crippen LogP contribution is 2.30. The van der Waals surface area contributed by atoms with Crippen LogP contribution in [0.2, 0.25) is 0 Å². The second-order valence-electron chi connectivity index (χ2n) is 6.64. The normalized spacial score (nSPS) is 16.6. The molecule has 5 nitrogen and oxygen atoms in total. The maximum atomic E-state index is 11.3. The highest BCUT2D eigenvalue weighted by Gasteiger charge is 2.23. The van der Waals surface area contributed by atoms with Crippen molar-refractivity contribution in [2.24, 2.45) is 0 Å². The fourth-order valence-corrected chi connectivity index (χ4v) is 4.06. The van der Waals surface area contributed by atoms with E-state index in [0.717, 1.165) is 31.6 Å². The van der Waals surface area contributed by atoms with Crippen molar-refractivity contribution in [3.8, 4) is 6.07 Å². The Bertz CT molecular complexity index is 712. The quantitative estimate of drug-likeness (QED) is 0.917. The van der Waals surface area contributed by atoms with Crippen LogP contribution in [0, 0.1) is 18.3 Å². The zero-order valence-electron chi connectivity index (χ0n) is 14.3. The summed E-state index contributed by atoms with van der Waals surface area (Å²) in [7, 11) is -3.16. The van der Waals surface area contributed by atoms with Crippen LogP contribution in [-0.4, -0.2) is 33.8 Å². The lowest BCUT2D eigenvalue weighted by atomic mass is 9.94. The van der Waals surface area contributed by atoms with Crippen molar-refractivity contribution in [3.05, 3.63) is 28.8 Å². The molecule has 126 valence electrons. The fraction of sp³-hybridized carbons (Fsp3) is 0.588. The third kappa shape index (κ3) is 4.46. The van der Waals surface area contributed by atoms with Gasteiger partial charge < -0.3 is 4.90 Å². The maximum Gasteiger partial charge on any atom is 0.208 e. The van der Waals surface area contributed by atoms with Gasteiger partial charge in [0.15, 0.2) is 0 Å². The maximum absolute atomic E-state index is 11.3. The number of hydrogen-bond acceptors (Lipinski definition) is 4. The van der Waals surface area contributed by atoms with E-state index in [0.29, 0.717) is 11.5 Å². The van der Waals surface area contributed by atoms with Crippen molar-refractivity contribution in [1.82, 2.24) is 4.72 Å². The first-order chi connectivity index (χ1) is 10.7. The van der Waals surface area contributed by atoms with Gasteiger partial charge >= 0.3 is 0 Å². The summed E-state index contributed by atoms with van der Waals surface area (Å²) >= 11 is 0. The number of anilines is 1. The highest BCUT2D eigenvalue weighted by molar-refractivity contribution is 7.88. The largest absolute Gasteiger partial charge is 0.370 e. The molecule has 1 heterocycles. The summed E-state index contributed by atoms with van der Waals surface area (Å²) in [5, 5.41) is 9.48. The van der Waals surface area contributed by atoms with Gasteiger partial charge in [-0.05, 0) is 48.9 Å². The highest BCUT2D eigenvalue weighted by atomic mass is 32.2. The van der Waals surface area contributed by atoms with E-state index >= 15 is 0 Å². The second-order valence-corrected chi connectivity index (χ2v) is 8.42. The summed E-state index contributed by atoms with van der Waals surface area (Å²) in [4.78, 5) is 2.19. The average molecular weight is 335 g/mol. The summed E-state index contributed by atoms with van der Waals surface area (Å²) in [5.74, 6) is 0.390. The molecular formula is C17H25N3O2S. The third-order valence-electron chi connectivity index (χ3n) is 4.34. The van der Waals surface area contributed by atoms with Crippen molar-refractivity contribution in [3.63, 3.8) is 0 Å². The zero-order chi connectivity index (χ0) is 17.2. The lowest BCUT2D eigenvalue weighted by Gasteiger charge is -2.34. The van der Waals surface area contributed by atoms with E-state index in [9.17, 15) is 13.7 Å². The summed E-state index contributed by atoms with van der Waals surface area (Å²) < 4.78 is 25.3. The van der Waals surface area contributed by atoms with Crippen LogP contribution in [0.4, 0.5) is 5.69 Å². The van der Waals surface area contributed by atoms with Crippen LogP contribution < -0.4 is 9.62 Å². The molecule has 0 bridgehead atoms. The monoisotopic (exact) mass is 335 g/mol. The van der Waals surface area contributed by atoms with Gasteiger partial charge in [-0.3, -0.25) is 0 Å². The first-order valence-electron chi connectivity index (χ1n) is 7.98. The van der Waals surface area contributed by atoms with E-state index in [1.807, 2.05) is 6.07 Å². The zero-order valence-corrected chi connectivity index (χ0v) is 15.1. The Balaban J connectivity index is 2.18. The molecule has 1 aliphatic rings. The standard InChI is InChI=1S/C17H25N3O2S/c1-12(2)16-10-14(11-18)17(9-13(16)3)20-7-5-15(6-8-20)19-23(4,21)22/h9-10,12,15,19H,5-8H2,1-4H3. The van der Waals surface area contributed by atoms with Crippen molar-refractivity contribution in [2.45, 2.75) is 45.6 Å². The van der Waals surface area contributed by atoms with E-state index < -0.39 is 10.0 Å². The number of rotatable bonds is 4. The van der Waals surface area contributed by atoms with Crippen molar-refractivity contribution in [2.75, 3.05) is 24.2 Å². The van der Waals surface area contributed by atoms with Gasteiger partial charge in [0.05, 0.1) is 17.5 Å². The van der Waals surface area contributed by atoms with E-state index in [-0.39, 0.29) is 6.04 Å². The molecular weight excluding hydrogens is 310 g/mol.